The van der Waals surface area contributed by atoms with Crippen molar-refractivity contribution < 1.29 is 8.78 Å². The number of anilines is 1. The largest absolute Gasteiger partial charge is 0.380 e. The first-order chi connectivity index (χ1) is 8.10. The second-order valence-corrected chi connectivity index (χ2v) is 5.53. The Kier molecular flexibility index (Phi) is 4.02. The van der Waals surface area contributed by atoms with E-state index in [1.807, 2.05) is 0 Å². The van der Waals surface area contributed by atoms with Crippen LogP contribution in [0.25, 0.3) is 0 Å². The lowest BCUT2D eigenvalue weighted by Gasteiger charge is -2.15. The Labute approximate surface area is 109 Å². The van der Waals surface area contributed by atoms with Gasteiger partial charge in [0.05, 0.1) is 10.2 Å². The molecule has 0 saturated heterocycles. The fraction of sp³-hybridized carbons (Fsp3) is 0.538. The molecular formula is C13H16BrF2N. The van der Waals surface area contributed by atoms with Crippen LogP contribution in [0.15, 0.2) is 16.6 Å². The molecule has 4 heteroatoms. The molecular weight excluding hydrogens is 288 g/mol. The molecule has 0 radical (unpaired) electrons. The summed E-state index contributed by atoms with van der Waals surface area (Å²) >= 11 is 3.07. The van der Waals surface area contributed by atoms with E-state index >= 15 is 0 Å². The fourth-order valence-electron chi connectivity index (χ4n) is 2.43. The lowest BCUT2D eigenvalue weighted by Crippen LogP contribution is -2.16. The van der Waals surface area contributed by atoms with Crippen molar-refractivity contribution in [1.82, 2.24) is 0 Å². The van der Waals surface area contributed by atoms with E-state index in [4.69, 9.17) is 0 Å². The molecule has 0 aromatic heterocycles. The fourth-order valence-corrected chi connectivity index (χ4v) is 2.77. The Morgan fingerprint density at radius 2 is 2.06 bits per heavy atom. The van der Waals surface area contributed by atoms with Crippen LogP contribution >= 0.6 is 15.9 Å². The highest BCUT2D eigenvalue weighted by molar-refractivity contribution is 9.10. The molecule has 1 N–H and O–H groups in total. The number of benzene rings is 1. The summed E-state index contributed by atoms with van der Waals surface area (Å²) in [5.74, 6) is -0.351. The van der Waals surface area contributed by atoms with Crippen LogP contribution in [0.3, 0.4) is 0 Å². The number of rotatable bonds is 3. The summed E-state index contributed by atoms with van der Waals surface area (Å²) in [5.41, 5.74) is 0.389. The Bertz CT molecular complexity index is 409. The van der Waals surface area contributed by atoms with Crippen molar-refractivity contribution in [2.24, 2.45) is 5.92 Å². The molecule has 1 aromatic rings. The van der Waals surface area contributed by atoms with E-state index in [2.05, 4.69) is 28.2 Å². The maximum absolute atomic E-state index is 13.5. The van der Waals surface area contributed by atoms with Gasteiger partial charge in [-0.3, -0.25) is 0 Å². The molecule has 2 rings (SSSR count). The quantitative estimate of drug-likeness (QED) is 0.797. The van der Waals surface area contributed by atoms with Crippen molar-refractivity contribution in [3.8, 4) is 0 Å². The Morgan fingerprint density at radius 1 is 1.29 bits per heavy atom. The second-order valence-electron chi connectivity index (χ2n) is 4.67. The Balaban J connectivity index is 2.06. The SMILES string of the molecule is CCC1CCC(Nc2cc(Br)c(F)cc2F)C1. The monoisotopic (exact) mass is 303 g/mol. The Hall–Kier alpha value is -0.640. The molecule has 0 aliphatic heterocycles. The van der Waals surface area contributed by atoms with E-state index in [0.29, 0.717) is 16.2 Å². The summed E-state index contributed by atoms with van der Waals surface area (Å²) in [5, 5.41) is 3.17. The minimum atomic E-state index is -0.564. The summed E-state index contributed by atoms with van der Waals surface area (Å²) in [4.78, 5) is 0. The van der Waals surface area contributed by atoms with Gasteiger partial charge in [0.25, 0.3) is 0 Å². The first-order valence-electron chi connectivity index (χ1n) is 6.01. The predicted molar refractivity (Wildman–Crippen MR) is 69.1 cm³/mol. The Morgan fingerprint density at radius 3 is 2.71 bits per heavy atom. The van der Waals surface area contributed by atoms with Crippen LogP contribution in [0.2, 0.25) is 0 Å². The third-order valence-electron chi connectivity index (χ3n) is 3.49. The van der Waals surface area contributed by atoms with E-state index in [-0.39, 0.29) is 0 Å². The van der Waals surface area contributed by atoms with Gasteiger partial charge in [-0.15, -0.1) is 0 Å². The lowest BCUT2D eigenvalue weighted by molar-refractivity contribution is 0.524. The van der Waals surface area contributed by atoms with E-state index in [1.165, 1.54) is 18.9 Å². The van der Waals surface area contributed by atoms with Crippen LogP contribution in [0, 0.1) is 17.6 Å². The summed E-state index contributed by atoms with van der Waals surface area (Å²) < 4.78 is 26.9. The van der Waals surface area contributed by atoms with Gasteiger partial charge in [-0.25, -0.2) is 8.78 Å². The van der Waals surface area contributed by atoms with Gasteiger partial charge in [-0.1, -0.05) is 13.3 Å². The van der Waals surface area contributed by atoms with Crippen LogP contribution in [0.5, 0.6) is 0 Å². The van der Waals surface area contributed by atoms with Crippen LogP contribution in [0.4, 0.5) is 14.5 Å². The molecule has 17 heavy (non-hydrogen) atoms. The molecule has 0 amide bonds. The maximum Gasteiger partial charge on any atom is 0.149 e. The summed E-state index contributed by atoms with van der Waals surface area (Å²) in [6, 6.07) is 2.70. The third-order valence-corrected chi connectivity index (χ3v) is 4.10. The highest BCUT2D eigenvalue weighted by atomic mass is 79.9. The minimum Gasteiger partial charge on any atom is -0.380 e. The van der Waals surface area contributed by atoms with Crippen LogP contribution in [-0.4, -0.2) is 6.04 Å². The minimum absolute atomic E-state index is 0.298. The van der Waals surface area contributed by atoms with E-state index < -0.39 is 11.6 Å². The summed E-state index contributed by atoms with van der Waals surface area (Å²) in [7, 11) is 0. The second kappa shape index (κ2) is 5.34. The number of halogens is 3. The highest BCUT2D eigenvalue weighted by Crippen LogP contribution is 2.32. The zero-order chi connectivity index (χ0) is 12.4. The van der Waals surface area contributed by atoms with Gasteiger partial charge >= 0.3 is 0 Å². The van der Waals surface area contributed by atoms with Crippen LogP contribution in [-0.2, 0) is 0 Å². The maximum atomic E-state index is 13.5. The third kappa shape index (κ3) is 2.97. The first-order valence-corrected chi connectivity index (χ1v) is 6.80. The lowest BCUT2D eigenvalue weighted by atomic mass is 10.1. The standard InChI is InChI=1S/C13H16BrF2N/c1-2-8-3-4-9(5-8)17-13-6-10(14)11(15)7-12(13)16/h6-9,17H,2-5H2,1H3. The predicted octanol–water partition coefficient (Wildman–Crippen LogP) is 4.72. The molecule has 1 aromatic carbocycles. The van der Waals surface area contributed by atoms with Gasteiger partial charge in [0.2, 0.25) is 0 Å². The number of nitrogens with one attached hydrogen (secondary N) is 1. The molecule has 1 nitrogen and oxygen atoms in total. The van der Waals surface area contributed by atoms with Crippen molar-refractivity contribution in [3.05, 3.63) is 28.2 Å². The van der Waals surface area contributed by atoms with Gasteiger partial charge < -0.3 is 5.32 Å². The first kappa shape index (κ1) is 12.8. The van der Waals surface area contributed by atoms with Crippen molar-refractivity contribution >= 4 is 21.6 Å². The normalized spacial score (nSPS) is 24.0. The summed E-state index contributed by atoms with van der Waals surface area (Å²) in [6.45, 7) is 2.18. The van der Waals surface area contributed by atoms with Gasteiger partial charge in [0.1, 0.15) is 11.6 Å². The summed E-state index contributed by atoms with van der Waals surface area (Å²) in [6.07, 6.45) is 4.50. The average Bonchev–Trinajstić information content (AvgIpc) is 2.73. The number of hydrogen-bond donors (Lipinski definition) is 1. The van der Waals surface area contributed by atoms with Gasteiger partial charge in [-0.2, -0.15) is 0 Å². The molecule has 2 atom stereocenters. The molecule has 0 heterocycles. The molecule has 1 aliphatic carbocycles. The van der Waals surface area contributed by atoms with Crippen LogP contribution < -0.4 is 5.32 Å². The zero-order valence-corrected chi connectivity index (χ0v) is 11.4. The van der Waals surface area contributed by atoms with E-state index in [1.54, 1.807) is 0 Å². The van der Waals surface area contributed by atoms with Crippen LogP contribution in [0.1, 0.15) is 32.6 Å². The molecule has 94 valence electrons. The van der Waals surface area contributed by atoms with Gasteiger partial charge in [0, 0.05) is 12.1 Å². The molecule has 2 unspecified atom stereocenters. The molecule has 0 spiro atoms. The zero-order valence-electron chi connectivity index (χ0n) is 9.77. The van der Waals surface area contributed by atoms with E-state index in [9.17, 15) is 8.78 Å². The highest BCUT2D eigenvalue weighted by Gasteiger charge is 2.24. The topological polar surface area (TPSA) is 12.0 Å². The average molecular weight is 304 g/mol. The molecule has 1 aliphatic rings. The molecule has 0 bridgehead atoms. The van der Waals surface area contributed by atoms with Crippen molar-refractivity contribution in [2.75, 3.05) is 5.32 Å². The van der Waals surface area contributed by atoms with E-state index in [0.717, 1.165) is 24.8 Å². The number of hydrogen-bond acceptors (Lipinski definition) is 1. The molecule has 1 fully saturated rings. The van der Waals surface area contributed by atoms with Crippen molar-refractivity contribution in [2.45, 2.75) is 38.6 Å². The van der Waals surface area contributed by atoms with Gasteiger partial charge in [0.15, 0.2) is 0 Å². The van der Waals surface area contributed by atoms with Crippen molar-refractivity contribution in [1.29, 1.82) is 0 Å². The smallest absolute Gasteiger partial charge is 0.149 e. The van der Waals surface area contributed by atoms with Crippen molar-refractivity contribution in [3.63, 3.8) is 0 Å². The molecule has 1 saturated carbocycles. The van der Waals surface area contributed by atoms with Gasteiger partial charge in [-0.05, 0) is 47.2 Å².